The van der Waals surface area contributed by atoms with Crippen molar-refractivity contribution < 1.29 is 9.59 Å². The number of urea groups is 1. The van der Waals surface area contributed by atoms with E-state index in [9.17, 15) is 9.59 Å². The quantitative estimate of drug-likeness (QED) is 0.525. The van der Waals surface area contributed by atoms with Gasteiger partial charge in [-0.1, -0.05) is 0 Å². The molecule has 1 fully saturated rings. The molecule has 0 saturated carbocycles. The van der Waals surface area contributed by atoms with Gasteiger partial charge in [0, 0.05) is 26.2 Å². The molecule has 14 heavy (non-hydrogen) atoms. The van der Waals surface area contributed by atoms with Crippen LogP contribution < -0.4 is 11.1 Å². The molecular weight excluding hydrogens is 184 g/mol. The van der Waals surface area contributed by atoms with Crippen LogP contribution in [0, 0.1) is 0 Å². The Bertz CT molecular complexity index is 215. The van der Waals surface area contributed by atoms with Gasteiger partial charge in [-0.2, -0.15) is 0 Å². The molecule has 1 saturated heterocycles. The highest BCUT2D eigenvalue weighted by Gasteiger charge is 2.27. The van der Waals surface area contributed by atoms with Gasteiger partial charge in [-0.25, -0.2) is 4.79 Å². The maximum absolute atomic E-state index is 11.2. The number of amides is 3. The Morgan fingerprint density at radius 1 is 1.50 bits per heavy atom. The van der Waals surface area contributed by atoms with Crippen molar-refractivity contribution in [3.8, 4) is 0 Å². The highest BCUT2D eigenvalue weighted by atomic mass is 16.2. The first-order valence-corrected chi connectivity index (χ1v) is 4.62. The zero-order valence-corrected chi connectivity index (χ0v) is 8.32. The standard InChI is InChI=1S/C8H16N4O2/c1-11(3-2-9)4-5-12-7(13)6-10-8(12)14/h2-6,9H2,1H3,(H,10,14). The summed E-state index contributed by atoms with van der Waals surface area (Å²) in [5.41, 5.74) is 5.37. The van der Waals surface area contributed by atoms with Crippen LogP contribution in [0.5, 0.6) is 0 Å². The van der Waals surface area contributed by atoms with Gasteiger partial charge < -0.3 is 16.0 Å². The van der Waals surface area contributed by atoms with E-state index in [1.165, 1.54) is 4.90 Å². The van der Waals surface area contributed by atoms with E-state index in [0.29, 0.717) is 19.6 Å². The molecule has 3 N–H and O–H groups in total. The highest BCUT2D eigenvalue weighted by molar-refractivity contribution is 6.01. The molecule has 6 nitrogen and oxygen atoms in total. The second-order valence-electron chi connectivity index (χ2n) is 3.30. The second-order valence-corrected chi connectivity index (χ2v) is 3.30. The summed E-state index contributed by atoms with van der Waals surface area (Å²) in [4.78, 5) is 25.5. The number of hydrogen-bond acceptors (Lipinski definition) is 4. The molecular formula is C8H16N4O2. The first-order valence-electron chi connectivity index (χ1n) is 4.62. The first-order chi connectivity index (χ1) is 6.65. The van der Waals surface area contributed by atoms with Crippen LogP contribution in [0.2, 0.25) is 0 Å². The molecule has 0 spiro atoms. The predicted octanol–water partition coefficient (Wildman–Crippen LogP) is -1.57. The molecule has 0 aromatic rings. The third-order valence-corrected chi connectivity index (χ3v) is 2.15. The fourth-order valence-corrected chi connectivity index (χ4v) is 1.28. The van der Waals surface area contributed by atoms with E-state index in [2.05, 4.69) is 5.32 Å². The van der Waals surface area contributed by atoms with Gasteiger partial charge in [0.2, 0.25) is 5.91 Å². The predicted molar refractivity (Wildman–Crippen MR) is 51.7 cm³/mol. The van der Waals surface area contributed by atoms with Crippen LogP contribution in [-0.4, -0.2) is 61.5 Å². The normalized spacial score (nSPS) is 16.6. The van der Waals surface area contributed by atoms with Crippen molar-refractivity contribution in [2.45, 2.75) is 0 Å². The SMILES string of the molecule is CN(CCN)CCN1C(=O)CNC1=O. The summed E-state index contributed by atoms with van der Waals surface area (Å²) < 4.78 is 0. The Morgan fingerprint density at radius 2 is 2.21 bits per heavy atom. The van der Waals surface area contributed by atoms with Gasteiger partial charge in [-0.15, -0.1) is 0 Å². The molecule has 0 radical (unpaired) electrons. The van der Waals surface area contributed by atoms with E-state index in [1.807, 2.05) is 11.9 Å². The lowest BCUT2D eigenvalue weighted by Crippen LogP contribution is -2.38. The van der Waals surface area contributed by atoms with Gasteiger partial charge >= 0.3 is 6.03 Å². The molecule has 6 heteroatoms. The second kappa shape index (κ2) is 4.92. The van der Waals surface area contributed by atoms with Gasteiger partial charge in [0.15, 0.2) is 0 Å². The summed E-state index contributed by atoms with van der Waals surface area (Å²) in [5.74, 6) is -0.156. The smallest absolute Gasteiger partial charge is 0.324 e. The van der Waals surface area contributed by atoms with Crippen molar-refractivity contribution in [3.63, 3.8) is 0 Å². The summed E-state index contributed by atoms with van der Waals surface area (Å²) in [6.45, 7) is 2.57. The fraction of sp³-hybridized carbons (Fsp3) is 0.750. The van der Waals surface area contributed by atoms with Crippen molar-refractivity contribution in [2.75, 3.05) is 39.8 Å². The summed E-state index contributed by atoms with van der Waals surface area (Å²) in [7, 11) is 1.91. The molecule has 80 valence electrons. The lowest BCUT2D eigenvalue weighted by Gasteiger charge is -2.18. The number of nitrogens with one attached hydrogen (secondary N) is 1. The monoisotopic (exact) mass is 200 g/mol. The first kappa shape index (κ1) is 10.9. The largest absolute Gasteiger partial charge is 0.329 e. The van der Waals surface area contributed by atoms with Gasteiger partial charge in [-0.05, 0) is 7.05 Å². The van der Waals surface area contributed by atoms with Crippen molar-refractivity contribution in [1.82, 2.24) is 15.1 Å². The van der Waals surface area contributed by atoms with Crippen molar-refractivity contribution >= 4 is 11.9 Å². The van der Waals surface area contributed by atoms with Crippen LogP contribution in [0.1, 0.15) is 0 Å². The molecule has 0 atom stereocenters. The van der Waals surface area contributed by atoms with E-state index in [0.717, 1.165) is 6.54 Å². The molecule has 0 aliphatic carbocycles. The number of imide groups is 1. The molecule has 0 unspecified atom stereocenters. The molecule has 0 aromatic heterocycles. The van der Waals surface area contributed by atoms with Crippen LogP contribution in [-0.2, 0) is 4.79 Å². The van der Waals surface area contributed by atoms with Crippen LogP contribution in [0.15, 0.2) is 0 Å². The number of carbonyl (C=O) groups is 2. The van der Waals surface area contributed by atoms with Gasteiger partial charge in [0.1, 0.15) is 0 Å². The van der Waals surface area contributed by atoms with Gasteiger partial charge in [-0.3, -0.25) is 9.69 Å². The molecule has 0 bridgehead atoms. The number of likely N-dealkylation sites (N-methyl/N-ethyl adjacent to an activating group) is 1. The van der Waals surface area contributed by atoms with Crippen molar-refractivity contribution in [3.05, 3.63) is 0 Å². The lowest BCUT2D eigenvalue weighted by molar-refractivity contribution is -0.125. The maximum atomic E-state index is 11.2. The lowest BCUT2D eigenvalue weighted by atomic mass is 10.4. The Hall–Kier alpha value is -1.14. The minimum atomic E-state index is -0.295. The van der Waals surface area contributed by atoms with Crippen LogP contribution in [0.3, 0.4) is 0 Å². The van der Waals surface area contributed by atoms with E-state index in [4.69, 9.17) is 5.73 Å². The number of nitrogens with two attached hydrogens (primary N) is 1. The summed E-state index contributed by atoms with van der Waals surface area (Å²) in [5, 5.41) is 2.47. The molecule has 1 aliphatic rings. The van der Waals surface area contributed by atoms with Crippen molar-refractivity contribution in [1.29, 1.82) is 0 Å². The minimum absolute atomic E-state index is 0.124. The number of nitrogens with zero attached hydrogens (tertiary/aromatic N) is 2. The molecule has 1 rings (SSSR count). The van der Waals surface area contributed by atoms with Gasteiger partial charge in [0.25, 0.3) is 0 Å². The fourth-order valence-electron chi connectivity index (χ4n) is 1.28. The Morgan fingerprint density at radius 3 is 2.71 bits per heavy atom. The number of rotatable bonds is 5. The Labute approximate surface area is 83.0 Å². The minimum Gasteiger partial charge on any atom is -0.329 e. The van der Waals surface area contributed by atoms with Gasteiger partial charge in [0.05, 0.1) is 6.54 Å². The summed E-state index contributed by atoms with van der Waals surface area (Å²) in [6, 6.07) is -0.295. The van der Waals surface area contributed by atoms with Crippen LogP contribution >= 0.6 is 0 Å². The van der Waals surface area contributed by atoms with E-state index < -0.39 is 0 Å². The molecule has 1 aliphatic heterocycles. The number of carbonyl (C=O) groups excluding carboxylic acids is 2. The molecule has 3 amide bonds. The summed E-state index contributed by atoms with van der Waals surface area (Å²) >= 11 is 0. The average molecular weight is 200 g/mol. The Kier molecular flexibility index (Phi) is 3.84. The third-order valence-electron chi connectivity index (χ3n) is 2.15. The molecule has 0 aromatic carbocycles. The average Bonchev–Trinajstić information content (AvgIpc) is 2.44. The van der Waals surface area contributed by atoms with Crippen molar-refractivity contribution in [2.24, 2.45) is 5.73 Å². The maximum Gasteiger partial charge on any atom is 0.324 e. The van der Waals surface area contributed by atoms with Crippen LogP contribution in [0.25, 0.3) is 0 Å². The zero-order chi connectivity index (χ0) is 10.6. The zero-order valence-electron chi connectivity index (χ0n) is 8.32. The van der Waals surface area contributed by atoms with E-state index in [1.54, 1.807) is 0 Å². The topological polar surface area (TPSA) is 78.7 Å². The third kappa shape index (κ3) is 2.68. The number of hydrogen-bond donors (Lipinski definition) is 2. The Balaban J connectivity index is 2.30. The van der Waals surface area contributed by atoms with E-state index in [-0.39, 0.29) is 18.5 Å². The highest BCUT2D eigenvalue weighted by Crippen LogP contribution is 1.98. The van der Waals surface area contributed by atoms with Crippen LogP contribution in [0.4, 0.5) is 4.79 Å². The van der Waals surface area contributed by atoms with E-state index >= 15 is 0 Å². The molecule has 1 heterocycles. The summed E-state index contributed by atoms with van der Waals surface area (Å²) in [6.07, 6.45) is 0.